The molecule has 0 fully saturated rings. The first-order valence-corrected chi connectivity index (χ1v) is 8.13. The van der Waals surface area contributed by atoms with Crippen molar-refractivity contribution in [2.45, 2.75) is 19.1 Å². The zero-order chi connectivity index (χ0) is 16.8. The first kappa shape index (κ1) is 17.4. The third-order valence-electron chi connectivity index (χ3n) is 3.54. The molecule has 0 aliphatic carbocycles. The molecule has 0 saturated heterocycles. The molecule has 2 aromatic rings. The van der Waals surface area contributed by atoms with E-state index in [-0.39, 0.29) is 5.78 Å². The fraction of sp³-hybridized carbons (Fsp3) is 0.222. The molecule has 0 amide bonds. The number of quaternary nitrogens is 1. The number of ether oxygens (including phenoxy) is 1. The molecule has 2 aromatic carbocycles. The number of ketones is 1. The van der Waals surface area contributed by atoms with E-state index in [1.807, 2.05) is 42.5 Å². The fourth-order valence-corrected chi connectivity index (χ4v) is 2.70. The highest BCUT2D eigenvalue weighted by atomic mass is 79.9. The van der Waals surface area contributed by atoms with Gasteiger partial charge >= 0.3 is 5.97 Å². The van der Waals surface area contributed by atoms with E-state index in [4.69, 9.17) is 4.74 Å². The van der Waals surface area contributed by atoms with Crippen molar-refractivity contribution < 1.29 is 19.6 Å². The lowest BCUT2D eigenvalue weighted by molar-refractivity contribution is -0.657. The number of likely N-dealkylation sites (N-methyl/N-ethyl adjacent to an activating group) is 1. The Morgan fingerprint density at radius 3 is 2.17 bits per heavy atom. The van der Waals surface area contributed by atoms with Gasteiger partial charge in [0.1, 0.15) is 0 Å². The Morgan fingerprint density at radius 2 is 1.65 bits per heavy atom. The van der Waals surface area contributed by atoms with Crippen molar-refractivity contribution in [3.63, 3.8) is 0 Å². The average molecular weight is 377 g/mol. The van der Waals surface area contributed by atoms with Gasteiger partial charge in [0.05, 0.1) is 7.05 Å². The van der Waals surface area contributed by atoms with Crippen LogP contribution in [-0.4, -0.2) is 24.8 Å². The highest BCUT2D eigenvalue weighted by molar-refractivity contribution is 9.10. The molecule has 0 unspecified atom stereocenters. The lowest BCUT2D eigenvalue weighted by atomic mass is 9.95. The first-order chi connectivity index (χ1) is 11.0. The number of benzene rings is 2. The Morgan fingerprint density at radius 1 is 1.04 bits per heavy atom. The van der Waals surface area contributed by atoms with Crippen LogP contribution < -0.4 is 5.32 Å². The first-order valence-electron chi connectivity index (χ1n) is 7.34. The van der Waals surface area contributed by atoms with E-state index in [0.717, 1.165) is 10.0 Å². The molecule has 120 valence electrons. The van der Waals surface area contributed by atoms with E-state index < -0.39 is 18.1 Å². The predicted molar refractivity (Wildman–Crippen MR) is 91.1 cm³/mol. The summed E-state index contributed by atoms with van der Waals surface area (Å²) < 4.78 is 6.36. The number of hydrogen-bond donors (Lipinski definition) is 1. The zero-order valence-corrected chi connectivity index (χ0v) is 14.6. The van der Waals surface area contributed by atoms with Crippen LogP contribution in [0.5, 0.6) is 0 Å². The minimum absolute atomic E-state index is 0.0740. The average Bonchev–Trinajstić information content (AvgIpc) is 2.55. The maximum absolute atomic E-state index is 12.8. The van der Waals surface area contributed by atoms with Crippen LogP contribution in [-0.2, 0) is 9.53 Å². The Labute approximate surface area is 144 Å². The van der Waals surface area contributed by atoms with Gasteiger partial charge in [-0.3, -0.25) is 9.59 Å². The maximum Gasteiger partial charge on any atom is 0.303 e. The lowest BCUT2D eigenvalue weighted by Crippen LogP contribution is -2.89. The molecule has 2 atom stereocenters. The van der Waals surface area contributed by atoms with Crippen molar-refractivity contribution in [3.05, 3.63) is 70.2 Å². The molecule has 0 aliphatic rings. The molecule has 0 spiro atoms. The molecule has 0 heterocycles. The SMILES string of the molecule is C[NH2+][C@H](C(=O)c1ccc(Br)cc1)[C@@H](OC(C)=O)c1ccccc1. The third-order valence-corrected chi connectivity index (χ3v) is 4.07. The van der Waals surface area contributed by atoms with E-state index in [2.05, 4.69) is 15.9 Å². The van der Waals surface area contributed by atoms with Crippen LogP contribution in [0.4, 0.5) is 0 Å². The molecule has 2 rings (SSSR count). The van der Waals surface area contributed by atoms with Gasteiger partial charge in [-0.2, -0.15) is 0 Å². The zero-order valence-electron chi connectivity index (χ0n) is 13.0. The standard InChI is InChI=1S/C18H18BrNO3/c1-12(21)23-18(14-6-4-3-5-7-14)16(20-2)17(22)13-8-10-15(19)11-9-13/h3-11,16,18,20H,1-2H3/p+1/t16-,18+/m1/s1. The normalized spacial score (nSPS) is 13.2. The largest absolute Gasteiger partial charge is 0.451 e. The van der Waals surface area contributed by atoms with Crippen LogP contribution in [0.3, 0.4) is 0 Å². The minimum atomic E-state index is -0.630. The fourth-order valence-electron chi connectivity index (χ4n) is 2.44. The molecular formula is C18H19BrNO3+. The van der Waals surface area contributed by atoms with Crippen LogP contribution in [0, 0.1) is 0 Å². The number of Topliss-reactive ketones (excluding diaryl/α,β-unsaturated/α-hetero) is 1. The van der Waals surface area contributed by atoms with Crippen molar-refractivity contribution in [2.24, 2.45) is 0 Å². The monoisotopic (exact) mass is 376 g/mol. The van der Waals surface area contributed by atoms with Gasteiger partial charge in [-0.1, -0.05) is 58.4 Å². The highest BCUT2D eigenvalue weighted by Gasteiger charge is 2.34. The predicted octanol–water partition coefficient (Wildman–Crippen LogP) is 2.50. The molecule has 4 nitrogen and oxygen atoms in total. The summed E-state index contributed by atoms with van der Waals surface area (Å²) in [6, 6.07) is 16.0. The summed E-state index contributed by atoms with van der Waals surface area (Å²) in [5.41, 5.74) is 1.39. The summed E-state index contributed by atoms with van der Waals surface area (Å²) >= 11 is 3.36. The van der Waals surface area contributed by atoms with Crippen LogP contribution >= 0.6 is 15.9 Å². The van der Waals surface area contributed by atoms with E-state index in [1.165, 1.54) is 6.92 Å². The van der Waals surface area contributed by atoms with Gasteiger partial charge in [0, 0.05) is 17.0 Å². The molecule has 5 heteroatoms. The second kappa shape index (κ2) is 8.04. The van der Waals surface area contributed by atoms with Gasteiger partial charge in [0.2, 0.25) is 5.78 Å². The van der Waals surface area contributed by atoms with Crippen molar-refractivity contribution in [1.82, 2.24) is 0 Å². The minimum Gasteiger partial charge on any atom is -0.451 e. The Balaban J connectivity index is 2.35. The molecule has 0 bridgehead atoms. The van der Waals surface area contributed by atoms with Gasteiger partial charge < -0.3 is 10.1 Å². The molecule has 23 heavy (non-hydrogen) atoms. The lowest BCUT2D eigenvalue weighted by Gasteiger charge is -2.23. The molecule has 0 aliphatic heterocycles. The summed E-state index contributed by atoms with van der Waals surface area (Å²) in [6.45, 7) is 1.35. The van der Waals surface area contributed by atoms with E-state index in [0.29, 0.717) is 5.56 Å². The number of nitrogens with two attached hydrogens (primary N) is 1. The number of carbonyl (C=O) groups is 2. The molecule has 0 aromatic heterocycles. The quantitative estimate of drug-likeness (QED) is 0.622. The second-order valence-corrected chi connectivity index (χ2v) is 6.09. The Hall–Kier alpha value is -1.98. The topological polar surface area (TPSA) is 60.0 Å². The van der Waals surface area contributed by atoms with Crippen LogP contribution in [0.1, 0.15) is 28.9 Å². The third kappa shape index (κ3) is 4.50. The Kier molecular flexibility index (Phi) is 6.07. The van der Waals surface area contributed by atoms with E-state index in [1.54, 1.807) is 24.5 Å². The van der Waals surface area contributed by atoms with Crippen LogP contribution in [0.25, 0.3) is 0 Å². The van der Waals surface area contributed by atoms with Crippen molar-refractivity contribution in [3.8, 4) is 0 Å². The molecular weight excluding hydrogens is 358 g/mol. The van der Waals surface area contributed by atoms with Crippen LogP contribution in [0.2, 0.25) is 0 Å². The van der Waals surface area contributed by atoms with E-state index >= 15 is 0 Å². The summed E-state index contributed by atoms with van der Waals surface area (Å²) in [6.07, 6.45) is -0.630. The number of carbonyl (C=O) groups excluding carboxylic acids is 2. The van der Waals surface area contributed by atoms with Gasteiger partial charge in [0.15, 0.2) is 12.1 Å². The molecule has 2 N–H and O–H groups in total. The van der Waals surface area contributed by atoms with Crippen LogP contribution in [0.15, 0.2) is 59.1 Å². The van der Waals surface area contributed by atoms with Crippen molar-refractivity contribution in [1.29, 1.82) is 0 Å². The maximum atomic E-state index is 12.8. The summed E-state index contributed by atoms with van der Waals surface area (Å²) in [7, 11) is 1.81. The second-order valence-electron chi connectivity index (χ2n) is 5.17. The van der Waals surface area contributed by atoms with Crippen molar-refractivity contribution in [2.75, 3.05) is 7.05 Å². The summed E-state index contributed by atoms with van der Waals surface area (Å²) in [5, 5.41) is 1.78. The highest BCUT2D eigenvalue weighted by Crippen LogP contribution is 2.23. The number of rotatable bonds is 6. The molecule has 0 saturated carbocycles. The Bertz CT molecular complexity index is 670. The van der Waals surface area contributed by atoms with Gasteiger partial charge in [0.25, 0.3) is 0 Å². The number of hydrogen-bond acceptors (Lipinski definition) is 3. The number of esters is 1. The van der Waals surface area contributed by atoms with Crippen molar-refractivity contribution >= 4 is 27.7 Å². The molecule has 0 radical (unpaired) electrons. The smallest absolute Gasteiger partial charge is 0.303 e. The summed E-state index contributed by atoms with van der Waals surface area (Å²) in [4.78, 5) is 24.3. The number of halogens is 1. The summed E-state index contributed by atoms with van der Waals surface area (Å²) in [5.74, 6) is -0.482. The van der Waals surface area contributed by atoms with Gasteiger partial charge in [-0.15, -0.1) is 0 Å². The van der Waals surface area contributed by atoms with Gasteiger partial charge in [-0.25, -0.2) is 0 Å². The van der Waals surface area contributed by atoms with Gasteiger partial charge in [-0.05, 0) is 17.7 Å². The van der Waals surface area contributed by atoms with E-state index in [9.17, 15) is 9.59 Å².